The molecule has 1 unspecified atom stereocenters. The molecule has 1 atom stereocenters. The number of anilines is 1. The first-order chi connectivity index (χ1) is 13.3. The fourth-order valence-corrected chi connectivity index (χ4v) is 3.10. The predicted molar refractivity (Wildman–Crippen MR) is 104 cm³/mol. The monoisotopic (exact) mass is 382 g/mol. The lowest BCUT2D eigenvalue weighted by Crippen LogP contribution is -2.25. The van der Waals surface area contributed by atoms with Crippen LogP contribution in [0.1, 0.15) is 35.6 Å². The zero-order chi connectivity index (χ0) is 20.4. The molecule has 0 aliphatic rings. The molecule has 1 N–H and O–H groups in total. The Morgan fingerprint density at radius 1 is 1.29 bits per heavy atom. The van der Waals surface area contributed by atoms with Gasteiger partial charge in [-0.2, -0.15) is 10.2 Å². The highest BCUT2D eigenvalue weighted by molar-refractivity contribution is 5.93. The summed E-state index contributed by atoms with van der Waals surface area (Å²) in [6, 6.07) is 8.85. The third-order valence-electron chi connectivity index (χ3n) is 4.59. The van der Waals surface area contributed by atoms with Gasteiger partial charge in [-0.3, -0.25) is 24.3 Å². The van der Waals surface area contributed by atoms with Crippen LogP contribution in [0.15, 0.2) is 36.5 Å². The summed E-state index contributed by atoms with van der Waals surface area (Å²) in [6.07, 6.45) is 1.16. The molecule has 3 rings (SSSR count). The standard InChI is InChI=1S/C19H22N6O3/c1-12-8-13(2)23(22-12)11-16-6-5-7-17(9-16)21-19(26)15(4)24-14(3)18(10-20-24)25(27)28/h5-10,15H,11H2,1-4H3,(H,21,26). The van der Waals surface area contributed by atoms with Crippen molar-refractivity contribution in [3.8, 4) is 0 Å². The minimum absolute atomic E-state index is 0.105. The van der Waals surface area contributed by atoms with E-state index >= 15 is 0 Å². The molecule has 28 heavy (non-hydrogen) atoms. The first-order valence-corrected chi connectivity index (χ1v) is 8.85. The molecule has 0 spiro atoms. The SMILES string of the molecule is Cc1cc(C)n(Cc2cccc(NC(=O)C(C)n3ncc([N+](=O)[O-])c3C)c2)n1. The summed E-state index contributed by atoms with van der Waals surface area (Å²) in [7, 11) is 0. The minimum atomic E-state index is -0.687. The quantitative estimate of drug-likeness (QED) is 0.520. The number of carbonyl (C=O) groups is 1. The number of aryl methyl sites for hydroxylation is 2. The number of nitrogens with zero attached hydrogens (tertiary/aromatic N) is 5. The fraction of sp³-hybridized carbons (Fsp3) is 0.316. The summed E-state index contributed by atoms with van der Waals surface area (Å²) < 4.78 is 3.26. The average molecular weight is 382 g/mol. The van der Waals surface area contributed by atoms with Gasteiger partial charge in [0.1, 0.15) is 17.9 Å². The van der Waals surface area contributed by atoms with Crippen LogP contribution in [0.2, 0.25) is 0 Å². The van der Waals surface area contributed by atoms with E-state index in [1.165, 1.54) is 4.68 Å². The highest BCUT2D eigenvalue weighted by Crippen LogP contribution is 2.21. The molecular formula is C19H22N6O3. The van der Waals surface area contributed by atoms with Crippen LogP contribution in [0, 0.1) is 30.9 Å². The van der Waals surface area contributed by atoms with Crippen LogP contribution in [0.5, 0.6) is 0 Å². The van der Waals surface area contributed by atoms with Crippen molar-refractivity contribution in [3.63, 3.8) is 0 Å². The van der Waals surface area contributed by atoms with E-state index in [0.29, 0.717) is 17.9 Å². The summed E-state index contributed by atoms with van der Waals surface area (Å²) in [5, 5.41) is 22.3. The molecule has 3 aromatic rings. The maximum Gasteiger partial charge on any atom is 0.309 e. The number of amides is 1. The molecule has 0 aliphatic carbocycles. The van der Waals surface area contributed by atoms with Crippen LogP contribution in [-0.2, 0) is 11.3 Å². The Labute approximate surface area is 162 Å². The van der Waals surface area contributed by atoms with E-state index in [9.17, 15) is 14.9 Å². The summed E-state index contributed by atoms with van der Waals surface area (Å²) in [5.74, 6) is -0.302. The third kappa shape index (κ3) is 3.93. The second kappa shape index (κ2) is 7.63. The lowest BCUT2D eigenvalue weighted by molar-refractivity contribution is -0.385. The van der Waals surface area contributed by atoms with E-state index < -0.39 is 11.0 Å². The Kier molecular flexibility index (Phi) is 5.25. The molecule has 0 radical (unpaired) electrons. The molecule has 0 fully saturated rings. The maximum atomic E-state index is 12.6. The number of rotatable bonds is 6. The van der Waals surface area contributed by atoms with Gasteiger partial charge in [0, 0.05) is 11.4 Å². The van der Waals surface area contributed by atoms with Crippen molar-refractivity contribution in [2.45, 2.75) is 40.3 Å². The third-order valence-corrected chi connectivity index (χ3v) is 4.59. The average Bonchev–Trinajstić information content (AvgIpc) is 3.16. The second-order valence-corrected chi connectivity index (χ2v) is 6.77. The van der Waals surface area contributed by atoms with Crippen LogP contribution in [0.25, 0.3) is 0 Å². The van der Waals surface area contributed by atoms with Crippen LogP contribution in [-0.4, -0.2) is 30.4 Å². The number of hydrogen-bond donors (Lipinski definition) is 1. The minimum Gasteiger partial charge on any atom is -0.324 e. The Bertz CT molecular complexity index is 1040. The fourth-order valence-electron chi connectivity index (χ4n) is 3.10. The highest BCUT2D eigenvalue weighted by atomic mass is 16.6. The van der Waals surface area contributed by atoms with Gasteiger partial charge in [0.05, 0.1) is 17.2 Å². The van der Waals surface area contributed by atoms with Crippen LogP contribution in [0.4, 0.5) is 11.4 Å². The normalized spacial score (nSPS) is 12.0. The van der Waals surface area contributed by atoms with E-state index in [4.69, 9.17) is 0 Å². The first kappa shape index (κ1) is 19.3. The van der Waals surface area contributed by atoms with Gasteiger partial charge < -0.3 is 5.32 Å². The topological polar surface area (TPSA) is 108 Å². The smallest absolute Gasteiger partial charge is 0.309 e. The van der Waals surface area contributed by atoms with Crippen molar-refractivity contribution in [2.75, 3.05) is 5.32 Å². The largest absolute Gasteiger partial charge is 0.324 e. The zero-order valence-corrected chi connectivity index (χ0v) is 16.2. The number of carbonyl (C=O) groups excluding carboxylic acids is 1. The van der Waals surface area contributed by atoms with Crippen molar-refractivity contribution < 1.29 is 9.72 Å². The summed E-state index contributed by atoms with van der Waals surface area (Å²) in [6.45, 7) is 7.77. The van der Waals surface area contributed by atoms with Crippen molar-refractivity contribution >= 4 is 17.3 Å². The lowest BCUT2D eigenvalue weighted by Gasteiger charge is -2.14. The summed E-state index contributed by atoms with van der Waals surface area (Å²) in [5.41, 5.74) is 3.91. The Balaban J connectivity index is 1.73. The molecule has 1 aromatic carbocycles. The number of aromatic nitrogens is 4. The van der Waals surface area contributed by atoms with Crippen molar-refractivity contribution in [3.05, 3.63) is 69.3 Å². The second-order valence-electron chi connectivity index (χ2n) is 6.77. The zero-order valence-electron chi connectivity index (χ0n) is 16.2. The van der Waals surface area contributed by atoms with Gasteiger partial charge in [0.15, 0.2) is 0 Å². The highest BCUT2D eigenvalue weighted by Gasteiger charge is 2.23. The molecule has 2 aromatic heterocycles. The van der Waals surface area contributed by atoms with Gasteiger partial charge in [-0.1, -0.05) is 12.1 Å². The molecule has 0 saturated heterocycles. The van der Waals surface area contributed by atoms with Crippen LogP contribution >= 0.6 is 0 Å². The van der Waals surface area contributed by atoms with Gasteiger partial charge in [-0.25, -0.2) is 0 Å². The van der Waals surface area contributed by atoms with Crippen molar-refractivity contribution in [1.29, 1.82) is 0 Å². The molecule has 0 saturated carbocycles. The molecule has 1 amide bonds. The summed E-state index contributed by atoms with van der Waals surface area (Å²) in [4.78, 5) is 23.1. The Morgan fingerprint density at radius 2 is 2.04 bits per heavy atom. The Morgan fingerprint density at radius 3 is 2.64 bits per heavy atom. The maximum absolute atomic E-state index is 12.6. The molecule has 0 aliphatic heterocycles. The van der Waals surface area contributed by atoms with Crippen molar-refractivity contribution in [1.82, 2.24) is 19.6 Å². The Hall–Kier alpha value is -3.49. The van der Waals surface area contributed by atoms with Gasteiger partial charge in [0.2, 0.25) is 5.91 Å². The lowest BCUT2D eigenvalue weighted by atomic mass is 10.2. The van der Waals surface area contributed by atoms with Crippen LogP contribution in [0.3, 0.4) is 0 Å². The molecule has 9 nitrogen and oxygen atoms in total. The van der Waals surface area contributed by atoms with Gasteiger partial charge >= 0.3 is 5.69 Å². The van der Waals surface area contributed by atoms with E-state index in [2.05, 4.69) is 15.5 Å². The van der Waals surface area contributed by atoms with Gasteiger partial charge in [0.25, 0.3) is 0 Å². The van der Waals surface area contributed by atoms with E-state index in [-0.39, 0.29) is 11.6 Å². The number of nitro groups is 1. The van der Waals surface area contributed by atoms with Crippen LogP contribution < -0.4 is 5.32 Å². The van der Waals surface area contributed by atoms with Gasteiger partial charge in [-0.05, 0) is 51.5 Å². The number of nitrogens with one attached hydrogen (secondary N) is 1. The molecule has 9 heteroatoms. The number of benzene rings is 1. The predicted octanol–water partition coefficient (Wildman–Crippen LogP) is 3.16. The van der Waals surface area contributed by atoms with Gasteiger partial charge in [-0.15, -0.1) is 0 Å². The molecule has 0 bridgehead atoms. The number of hydrogen-bond acceptors (Lipinski definition) is 5. The molecule has 2 heterocycles. The van der Waals surface area contributed by atoms with E-state index in [1.807, 2.05) is 42.8 Å². The molecular weight excluding hydrogens is 360 g/mol. The molecule has 146 valence electrons. The van der Waals surface area contributed by atoms with E-state index in [1.54, 1.807) is 19.9 Å². The first-order valence-electron chi connectivity index (χ1n) is 8.85. The van der Waals surface area contributed by atoms with E-state index in [0.717, 1.165) is 23.1 Å². The summed E-state index contributed by atoms with van der Waals surface area (Å²) >= 11 is 0. The van der Waals surface area contributed by atoms with Crippen molar-refractivity contribution in [2.24, 2.45) is 0 Å².